The molecule has 0 saturated heterocycles. The summed E-state index contributed by atoms with van der Waals surface area (Å²) >= 11 is 0. The number of carbonyl (C=O) groups is 1. The molecule has 2 aromatic heterocycles. The van der Waals surface area contributed by atoms with Gasteiger partial charge in [0.15, 0.2) is 0 Å². The number of benzene rings is 1. The molecule has 0 saturated carbocycles. The van der Waals surface area contributed by atoms with E-state index < -0.39 is 5.97 Å². The monoisotopic (exact) mass is 252 g/mol. The SMILES string of the molecule is Cc1ccc2c(-c3ccc(C(=O)O)cn3)c[nH]c2c1. The van der Waals surface area contributed by atoms with E-state index in [0.29, 0.717) is 0 Å². The number of aromatic nitrogens is 2. The molecule has 0 spiro atoms. The summed E-state index contributed by atoms with van der Waals surface area (Å²) in [6, 6.07) is 9.46. The summed E-state index contributed by atoms with van der Waals surface area (Å²) < 4.78 is 0. The van der Waals surface area contributed by atoms with Crippen molar-refractivity contribution in [3.63, 3.8) is 0 Å². The quantitative estimate of drug-likeness (QED) is 0.735. The number of carboxylic acids is 1. The molecule has 0 aliphatic rings. The van der Waals surface area contributed by atoms with Crippen LogP contribution in [0.15, 0.2) is 42.7 Å². The fourth-order valence-corrected chi connectivity index (χ4v) is 2.13. The van der Waals surface area contributed by atoms with Crippen LogP contribution in [-0.4, -0.2) is 21.0 Å². The zero-order valence-electron chi connectivity index (χ0n) is 10.3. The largest absolute Gasteiger partial charge is 0.478 e. The normalized spacial score (nSPS) is 10.8. The van der Waals surface area contributed by atoms with Crippen molar-refractivity contribution in [2.75, 3.05) is 0 Å². The van der Waals surface area contributed by atoms with Crippen molar-refractivity contribution >= 4 is 16.9 Å². The second kappa shape index (κ2) is 4.24. The molecule has 0 aliphatic heterocycles. The highest BCUT2D eigenvalue weighted by molar-refractivity contribution is 5.95. The van der Waals surface area contributed by atoms with Crippen LogP contribution in [0.5, 0.6) is 0 Å². The number of aromatic carboxylic acids is 1. The van der Waals surface area contributed by atoms with Gasteiger partial charge in [0.1, 0.15) is 0 Å². The number of fused-ring (bicyclic) bond motifs is 1. The van der Waals surface area contributed by atoms with Crippen molar-refractivity contribution in [2.45, 2.75) is 6.92 Å². The number of aromatic amines is 1. The number of aryl methyl sites for hydroxylation is 1. The van der Waals surface area contributed by atoms with Gasteiger partial charge in [-0.25, -0.2) is 4.79 Å². The van der Waals surface area contributed by atoms with Crippen LogP contribution in [0, 0.1) is 6.92 Å². The predicted octanol–water partition coefficient (Wildman–Crippen LogP) is 3.24. The molecule has 3 aromatic rings. The first kappa shape index (κ1) is 11.5. The molecule has 0 bridgehead atoms. The highest BCUT2D eigenvalue weighted by Crippen LogP contribution is 2.27. The van der Waals surface area contributed by atoms with E-state index in [2.05, 4.69) is 16.0 Å². The Morgan fingerprint density at radius 2 is 2.11 bits per heavy atom. The third kappa shape index (κ3) is 1.97. The van der Waals surface area contributed by atoms with Crippen LogP contribution < -0.4 is 0 Å². The molecule has 3 rings (SSSR count). The third-order valence-corrected chi connectivity index (χ3v) is 3.12. The van der Waals surface area contributed by atoms with Gasteiger partial charge in [0.25, 0.3) is 0 Å². The van der Waals surface area contributed by atoms with E-state index in [4.69, 9.17) is 5.11 Å². The van der Waals surface area contributed by atoms with E-state index >= 15 is 0 Å². The van der Waals surface area contributed by atoms with E-state index in [9.17, 15) is 4.79 Å². The van der Waals surface area contributed by atoms with Gasteiger partial charge in [-0.2, -0.15) is 0 Å². The third-order valence-electron chi connectivity index (χ3n) is 3.12. The minimum absolute atomic E-state index is 0.194. The predicted molar refractivity (Wildman–Crippen MR) is 73.2 cm³/mol. The van der Waals surface area contributed by atoms with Gasteiger partial charge in [0.05, 0.1) is 11.3 Å². The molecule has 2 N–H and O–H groups in total. The summed E-state index contributed by atoms with van der Waals surface area (Å²) in [6.45, 7) is 2.04. The Balaban J connectivity index is 2.11. The molecule has 1 aromatic carbocycles. The van der Waals surface area contributed by atoms with Gasteiger partial charge in [-0.15, -0.1) is 0 Å². The minimum Gasteiger partial charge on any atom is -0.478 e. The smallest absolute Gasteiger partial charge is 0.337 e. The maximum absolute atomic E-state index is 10.8. The summed E-state index contributed by atoms with van der Waals surface area (Å²) in [5, 5.41) is 9.95. The Bertz CT molecular complexity index is 757. The number of rotatable bonds is 2. The molecule has 4 heteroatoms. The molecular formula is C15H12N2O2. The maximum Gasteiger partial charge on any atom is 0.337 e. The lowest BCUT2D eigenvalue weighted by molar-refractivity contribution is 0.0696. The molecule has 4 nitrogen and oxygen atoms in total. The molecular weight excluding hydrogens is 240 g/mol. The van der Waals surface area contributed by atoms with Gasteiger partial charge in [0.2, 0.25) is 0 Å². The van der Waals surface area contributed by atoms with Crippen LogP contribution in [0.3, 0.4) is 0 Å². The molecule has 0 unspecified atom stereocenters. The Kier molecular flexibility index (Phi) is 2.56. The number of nitrogens with zero attached hydrogens (tertiary/aromatic N) is 1. The first-order valence-corrected chi connectivity index (χ1v) is 5.92. The van der Waals surface area contributed by atoms with Crippen molar-refractivity contribution in [1.29, 1.82) is 0 Å². The van der Waals surface area contributed by atoms with Crippen LogP contribution >= 0.6 is 0 Å². The topological polar surface area (TPSA) is 66.0 Å². The standard InChI is InChI=1S/C15H12N2O2/c1-9-2-4-11-12(8-17-14(11)6-9)13-5-3-10(7-16-13)15(18)19/h2-8,17H,1H3,(H,18,19). The fraction of sp³-hybridized carbons (Fsp3) is 0.0667. The Labute approximate surface area is 109 Å². The van der Waals surface area contributed by atoms with Crippen LogP contribution in [-0.2, 0) is 0 Å². The molecule has 19 heavy (non-hydrogen) atoms. The van der Waals surface area contributed by atoms with Gasteiger partial charge in [-0.05, 0) is 30.7 Å². The summed E-state index contributed by atoms with van der Waals surface area (Å²) in [7, 11) is 0. The Morgan fingerprint density at radius 3 is 2.79 bits per heavy atom. The van der Waals surface area contributed by atoms with Crippen molar-refractivity contribution < 1.29 is 9.90 Å². The Morgan fingerprint density at radius 1 is 1.26 bits per heavy atom. The molecule has 2 heterocycles. The molecule has 0 fully saturated rings. The van der Waals surface area contributed by atoms with E-state index in [0.717, 1.165) is 22.2 Å². The zero-order valence-corrected chi connectivity index (χ0v) is 10.3. The highest BCUT2D eigenvalue weighted by Gasteiger charge is 2.09. The number of hydrogen-bond donors (Lipinski definition) is 2. The average Bonchev–Trinajstić information content (AvgIpc) is 2.81. The van der Waals surface area contributed by atoms with Gasteiger partial charge >= 0.3 is 5.97 Å². The molecule has 0 aliphatic carbocycles. The molecule has 0 radical (unpaired) electrons. The lowest BCUT2D eigenvalue weighted by Crippen LogP contribution is -1.96. The van der Waals surface area contributed by atoms with Gasteiger partial charge < -0.3 is 10.1 Å². The summed E-state index contributed by atoms with van der Waals surface area (Å²) in [5.74, 6) is -0.964. The summed E-state index contributed by atoms with van der Waals surface area (Å²) in [4.78, 5) is 18.2. The van der Waals surface area contributed by atoms with Crippen LogP contribution in [0.2, 0.25) is 0 Å². The summed E-state index contributed by atoms with van der Waals surface area (Å²) in [5.41, 5.74) is 4.18. The summed E-state index contributed by atoms with van der Waals surface area (Å²) in [6.07, 6.45) is 3.28. The zero-order chi connectivity index (χ0) is 13.4. The van der Waals surface area contributed by atoms with Crippen LogP contribution in [0.1, 0.15) is 15.9 Å². The maximum atomic E-state index is 10.8. The lowest BCUT2D eigenvalue weighted by atomic mass is 10.1. The van der Waals surface area contributed by atoms with Gasteiger partial charge in [-0.1, -0.05) is 12.1 Å². The number of pyridine rings is 1. The fourth-order valence-electron chi connectivity index (χ4n) is 2.13. The lowest BCUT2D eigenvalue weighted by Gasteiger charge is -2.00. The molecule has 94 valence electrons. The number of hydrogen-bond acceptors (Lipinski definition) is 2. The van der Waals surface area contributed by atoms with E-state index in [1.165, 1.54) is 11.8 Å². The van der Waals surface area contributed by atoms with Crippen LogP contribution in [0.4, 0.5) is 0 Å². The van der Waals surface area contributed by atoms with E-state index in [1.54, 1.807) is 12.1 Å². The second-order valence-electron chi connectivity index (χ2n) is 4.49. The van der Waals surface area contributed by atoms with E-state index in [1.807, 2.05) is 25.3 Å². The number of H-pyrrole nitrogens is 1. The van der Waals surface area contributed by atoms with Gasteiger partial charge in [-0.3, -0.25) is 4.98 Å². The Hall–Kier alpha value is -2.62. The second-order valence-corrected chi connectivity index (χ2v) is 4.49. The van der Waals surface area contributed by atoms with Crippen molar-refractivity contribution in [2.24, 2.45) is 0 Å². The average molecular weight is 252 g/mol. The number of carboxylic acid groups (broad SMARTS) is 1. The first-order valence-electron chi connectivity index (χ1n) is 5.92. The minimum atomic E-state index is -0.964. The highest BCUT2D eigenvalue weighted by atomic mass is 16.4. The molecule has 0 atom stereocenters. The molecule has 0 amide bonds. The van der Waals surface area contributed by atoms with Crippen molar-refractivity contribution in [1.82, 2.24) is 9.97 Å². The number of nitrogens with one attached hydrogen (secondary N) is 1. The van der Waals surface area contributed by atoms with Crippen molar-refractivity contribution in [3.05, 3.63) is 53.9 Å². The van der Waals surface area contributed by atoms with Crippen molar-refractivity contribution in [3.8, 4) is 11.3 Å². The first-order chi connectivity index (χ1) is 9.15. The van der Waals surface area contributed by atoms with Crippen LogP contribution in [0.25, 0.3) is 22.2 Å². The van der Waals surface area contributed by atoms with Gasteiger partial charge in [0, 0.05) is 28.9 Å². The van der Waals surface area contributed by atoms with E-state index in [-0.39, 0.29) is 5.56 Å².